The Morgan fingerprint density at radius 1 is 1.50 bits per heavy atom. The molecule has 1 saturated heterocycles. The summed E-state index contributed by atoms with van der Waals surface area (Å²) in [6, 6.07) is 6.01. The number of nitrogens with zero attached hydrogens (tertiary/aromatic N) is 2. The summed E-state index contributed by atoms with van der Waals surface area (Å²) in [5.74, 6) is -0.0160. The van der Waals surface area contributed by atoms with E-state index in [0.717, 1.165) is 0 Å². The molecule has 1 fully saturated rings. The summed E-state index contributed by atoms with van der Waals surface area (Å²) in [7, 11) is -3.67. The predicted octanol–water partition coefficient (Wildman–Crippen LogP) is 0.824. The average molecular weight is 287 g/mol. The molecule has 1 aromatic carbocycles. The maximum Gasteiger partial charge on any atom is 0.244 e. The van der Waals surface area contributed by atoms with Gasteiger partial charge in [-0.25, -0.2) is 8.42 Å². The number of aliphatic hydroxyl groups is 1. The lowest BCUT2D eigenvalue weighted by Crippen LogP contribution is -2.51. The van der Waals surface area contributed by atoms with Gasteiger partial charge in [0.15, 0.2) is 0 Å². The topological polar surface area (TPSA) is 81.4 Å². The molecule has 0 bridgehead atoms. The number of sulfonamides is 1. The molecule has 2 rings (SSSR count). The summed E-state index contributed by atoms with van der Waals surface area (Å²) >= 11 is 5.87. The van der Waals surface area contributed by atoms with Crippen LogP contribution in [0.25, 0.3) is 0 Å². The van der Waals surface area contributed by atoms with Gasteiger partial charge in [-0.15, -0.1) is 0 Å². The van der Waals surface area contributed by atoms with E-state index in [1.54, 1.807) is 0 Å². The molecular weight excluding hydrogens is 276 g/mol. The number of rotatable bonds is 3. The average Bonchev–Trinajstić information content (AvgIpc) is 2.27. The molecule has 0 aliphatic carbocycles. The molecule has 1 aliphatic rings. The van der Waals surface area contributed by atoms with Gasteiger partial charge in [-0.2, -0.15) is 9.57 Å². The standard InChI is InChI=1S/C11H11ClN2O3S/c12-10-2-1-8(4-13)3-11(10)18(16,17)14-5-9(6-14)7-15/h1-3,9,15H,5-7H2. The molecule has 96 valence electrons. The number of hydrogen-bond acceptors (Lipinski definition) is 4. The minimum absolute atomic E-state index is 0.0160. The molecule has 1 N–H and O–H groups in total. The summed E-state index contributed by atoms with van der Waals surface area (Å²) < 4.78 is 25.7. The Bertz CT molecular complexity index is 603. The smallest absolute Gasteiger partial charge is 0.244 e. The Morgan fingerprint density at radius 2 is 2.17 bits per heavy atom. The second-order valence-electron chi connectivity index (χ2n) is 4.13. The molecular formula is C11H11ClN2O3S. The van der Waals surface area contributed by atoms with Gasteiger partial charge in [0.05, 0.1) is 16.7 Å². The highest BCUT2D eigenvalue weighted by Crippen LogP contribution is 2.30. The number of aliphatic hydroxyl groups excluding tert-OH is 1. The van der Waals surface area contributed by atoms with Gasteiger partial charge >= 0.3 is 0 Å². The van der Waals surface area contributed by atoms with Crippen LogP contribution in [0.5, 0.6) is 0 Å². The van der Waals surface area contributed by atoms with Gasteiger partial charge in [0.25, 0.3) is 0 Å². The van der Waals surface area contributed by atoms with E-state index < -0.39 is 10.0 Å². The second kappa shape index (κ2) is 4.86. The first kappa shape index (κ1) is 13.3. The van der Waals surface area contributed by atoms with Crippen molar-refractivity contribution in [1.29, 1.82) is 5.26 Å². The number of halogens is 1. The third kappa shape index (κ3) is 2.22. The van der Waals surface area contributed by atoms with E-state index >= 15 is 0 Å². The molecule has 0 aromatic heterocycles. The Balaban J connectivity index is 2.34. The van der Waals surface area contributed by atoms with Crippen molar-refractivity contribution in [2.24, 2.45) is 5.92 Å². The Kier molecular flexibility index (Phi) is 3.59. The minimum Gasteiger partial charge on any atom is -0.396 e. The van der Waals surface area contributed by atoms with E-state index in [2.05, 4.69) is 0 Å². The van der Waals surface area contributed by atoms with Crippen molar-refractivity contribution in [2.45, 2.75) is 4.90 Å². The van der Waals surface area contributed by atoms with Crippen molar-refractivity contribution >= 4 is 21.6 Å². The molecule has 0 atom stereocenters. The molecule has 0 amide bonds. The lowest BCUT2D eigenvalue weighted by Gasteiger charge is -2.37. The van der Waals surface area contributed by atoms with E-state index in [1.807, 2.05) is 6.07 Å². The highest BCUT2D eigenvalue weighted by molar-refractivity contribution is 7.89. The van der Waals surface area contributed by atoms with Crippen LogP contribution in [0.4, 0.5) is 0 Å². The molecule has 1 aliphatic heterocycles. The first-order chi connectivity index (χ1) is 8.48. The van der Waals surface area contributed by atoms with Crippen LogP contribution in [0.1, 0.15) is 5.56 Å². The molecule has 0 unspecified atom stereocenters. The summed E-state index contributed by atoms with van der Waals surface area (Å²) in [6.07, 6.45) is 0. The van der Waals surface area contributed by atoms with Crippen LogP contribution in [0, 0.1) is 17.2 Å². The van der Waals surface area contributed by atoms with Crippen LogP contribution in [-0.2, 0) is 10.0 Å². The largest absolute Gasteiger partial charge is 0.396 e. The fraction of sp³-hybridized carbons (Fsp3) is 0.364. The van der Waals surface area contributed by atoms with Gasteiger partial charge in [-0.1, -0.05) is 11.6 Å². The van der Waals surface area contributed by atoms with Crippen LogP contribution in [0.15, 0.2) is 23.1 Å². The highest BCUT2D eigenvalue weighted by Gasteiger charge is 2.37. The summed E-state index contributed by atoms with van der Waals surface area (Å²) in [6.45, 7) is 0.538. The Labute approximate surface area is 110 Å². The van der Waals surface area contributed by atoms with Gasteiger partial charge in [0, 0.05) is 25.6 Å². The van der Waals surface area contributed by atoms with E-state index in [9.17, 15) is 8.42 Å². The summed E-state index contributed by atoms with van der Waals surface area (Å²) in [5.41, 5.74) is 0.247. The zero-order valence-corrected chi connectivity index (χ0v) is 10.9. The number of benzene rings is 1. The highest BCUT2D eigenvalue weighted by atomic mass is 35.5. The normalized spacial score (nSPS) is 17.2. The third-order valence-electron chi connectivity index (χ3n) is 2.86. The zero-order valence-electron chi connectivity index (χ0n) is 9.38. The van der Waals surface area contributed by atoms with E-state index in [-0.39, 0.29) is 41.1 Å². The quantitative estimate of drug-likeness (QED) is 0.892. The Morgan fingerprint density at radius 3 is 2.72 bits per heavy atom. The van der Waals surface area contributed by atoms with Crippen molar-refractivity contribution in [2.75, 3.05) is 19.7 Å². The SMILES string of the molecule is N#Cc1ccc(Cl)c(S(=O)(=O)N2CC(CO)C2)c1. The van der Waals surface area contributed by atoms with Gasteiger partial charge in [0.1, 0.15) is 4.90 Å². The van der Waals surface area contributed by atoms with E-state index in [4.69, 9.17) is 22.0 Å². The van der Waals surface area contributed by atoms with Crippen LogP contribution in [-0.4, -0.2) is 37.5 Å². The molecule has 7 heteroatoms. The molecule has 0 spiro atoms. The maximum absolute atomic E-state index is 12.2. The first-order valence-corrected chi connectivity index (χ1v) is 7.11. The van der Waals surface area contributed by atoms with E-state index in [1.165, 1.54) is 22.5 Å². The minimum atomic E-state index is -3.67. The van der Waals surface area contributed by atoms with Gasteiger partial charge in [-0.3, -0.25) is 0 Å². The first-order valence-electron chi connectivity index (χ1n) is 5.29. The van der Waals surface area contributed by atoms with E-state index in [0.29, 0.717) is 0 Å². The molecule has 5 nitrogen and oxygen atoms in total. The zero-order chi connectivity index (χ0) is 13.3. The molecule has 0 saturated carbocycles. The van der Waals surface area contributed by atoms with Crippen molar-refractivity contribution in [3.63, 3.8) is 0 Å². The van der Waals surface area contributed by atoms with Crippen molar-refractivity contribution in [3.8, 4) is 6.07 Å². The van der Waals surface area contributed by atoms with Crippen LogP contribution >= 0.6 is 11.6 Å². The van der Waals surface area contributed by atoms with Gasteiger partial charge in [-0.05, 0) is 18.2 Å². The van der Waals surface area contributed by atoms with Crippen molar-refractivity contribution in [3.05, 3.63) is 28.8 Å². The fourth-order valence-electron chi connectivity index (χ4n) is 1.74. The lowest BCUT2D eigenvalue weighted by molar-refractivity contribution is 0.117. The van der Waals surface area contributed by atoms with Crippen LogP contribution in [0.2, 0.25) is 5.02 Å². The van der Waals surface area contributed by atoms with Gasteiger partial charge < -0.3 is 5.11 Å². The third-order valence-corrected chi connectivity index (χ3v) is 5.17. The van der Waals surface area contributed by atoms with Crippen molar-refractivity contribution < 1.29 is 13.5 Å². The number of hydrogen-bond donors (Lipinski definition) is 1. The van der Waals surface area contributed by atoms with Gasteiger partial charge in [0.2, 0.25) is 10.0 Å². The fourth-order valence-corrected chi connectivity index (χ4v) is 3.84. The summed E-state index contributed by atoms with van der Waals surface area (Å²) in [5, 5.41) is 17.8. The molecule has 1 aromatic rings. The van der Waals surface area contributed by atoms with Crippen LogP contribution < -0.4 is 0 Å². The van der Waals surface area contributed by atoms with Crippen molar-refractivity contribution in [1.82, 2.24) is 4.31 Å². The monoisotopic (exact) mass is 286 g/mol. The maximum atomic E-state index is 12.2. The molecule has 0 radical (unpaired) electrons. The molecule has 1 heterocycles. The lowest BCUT2D eigenvalue weighted by atomic mass is 10.1. The van der Waals surface area contributed by atoms with Crippen LogP contribution in [0.3, 0.4) is 0 Å². The second-order valence-corrected chi connectivity index (χ2v) is 6.44. The Hall–Kier alpha value is -1.13. The number of nitriles is 1. The summed E-state index contributed by atoms with van der Waals surface area (Å²) in [4.78, 5) is -0.0559. The predicted molar refractivity (Wildman–Crippen MR) is 65.5 cm³/mol. The molecule has 18 heavy (non-hydrogen) atoms.